The van der Waals surface area contributed by atoms with Crippen molar-refractivity contribution in [2.45, 2.75) is 6.54 Å². The van der Waals surface area contributed by atoms with Gasteiger partial charge in [-0.15, -0.1) is 0 Å². The van der Waals surface area contributed by atoms with Gasteiger partial charge in [-0.1, -0.05) is 0 Å². The second-order valence-electron chi connectivity index (χ2n) is 3.15. The molecule has 0 fully saturated rings. The van der Waals surface area contributed by atoms with Crippen LogP contribution in [0.5, 0.6) is 0 Å². The van der Waals surface area contributed by atoms with E-state index < -0.39 is 0 Å². The third kappa shape index (κ3) is 2.88. The smallest absolute Gasteiger partial charge is 0.244 e. The fourth-order valence-corrected chi connectivity index (χ4v) is 1.19. The summed E-state index contributed by atoms with van der Waals surface area (Å²) in [5.74, 6) is 1.18. The maximum absolute atomic E-state index is 11.4. The fourth-order valence-electron chi connectivity index (χ4n) is 1.19. The molecule has 0 aliphatic carbocycles. The molecule has 4 heteroatoms. The van der Waals surface area contributed by atoms with E-state index in [4.69, 9.17) is 8.83 Å². The number of carbonyl (C=O) groups excluding carboxylic acids is 1. The molecule has 2 aromatic heterocycles. The van der Waals surface area contributed by atoms with Gasteiger partial charge < -0.3 is 14.2 Å². The van der Waals surface area contributed by atoms with Gasteiger partial charge in [0.05, 0.1) is 19.1 Å². The Morgan fingerprint density at radius 3 is 2.75 bits per heavy atom. The van der Waals surface area contributed by atoms with Crippen LogP contribution in [0.3, 0.4) is 0 Å². The van der Waals surface area contributed by atoms with Crippen LogP contribution in [0.2, 0.25) is 0 Å². The molecule has 2 aromatic rings. The van der Waals surface area contributed by atoms with Crippen molar-refractivity contribution in [1.29, 1.82) is 0 Å². The first kappa shape index (κ1) is 10.3. The number of hydrogen-bond acceptors (Lipinski definition) is 3. The van der Waals surface area contributed by atoms with Gasteiger partial charge in [-0.25, -0.2) is 0 Å². The first-order valence-electron chi connectivity index (χ1n) is 4.86. The second-order valence-corrected chi connectivity index (χ2v) is 3.15. The van der Waals surface area contributed by atoms with Crippen LogP contribution in [0.25, 0.3) is 6.08 Å². The summed E-state index contributed by atoms with van der Waals surface area (Å²) in [5, 5.41) is 2.69. The summed E-state index contributed by atoms with van der Waals surface area (Å²) < 4.78 is 10.1. The minimum absolute atomic E-state index is 0.187. The molecule has 2 rings (SSSR count). The van der Waals surface area contributed by atoms with Gasteiger partial charge >= 0.3 is 0 Å². The van der Waals surface area contributed by atoms with Crippen molar-refractivity contribution in [3.05, 3.63) is 54.4 Å². The number of furan rings is 2. The molecule has 0 aromatic carbocycles. The quantitative estimate of drug-likeness (QED) is 0.799. The Balaban J connectivity index is 1.81. The normalized spacial score (nSPS) is 10.8. The summed E-state index contributed by atoms with van der Waals surface area (Å²) in [4.78, 5) is 11.4. The molecule has 2 heterocycles. The highest BCUT2D eigenvalue weighted by molar-refractivity contribution is 5.91. The number of carbonyl (C=O) groups is 1. The van der Waals surface area contributed by atoms with E-state index in [-0.39, 0.29) is 5.91 Å². The Bertz CT molecular complexity index is 454. The lowest BCUT2D eigenvalue weighted by Gasteiger charge is -1.97. The third-order valence-corrected chi connectivity index (χ3v) is 1.96. The van der Waals surface area contributed by atoms with Gasteiger partial charge in [-0.05, 0) is 30.3 Å². The molecule has 1 N–H and O–H groups in total. The Labute approximate surface area is 92.6 Å². The molecule has 0 atom stereocenters. The van der Waals surface area contributed by atoms with Crippen LogP contribution in [0.4, 0.5) is 0 Å². The molecule has 0 spiro atoms. The molecule has 0 bridgehead atoms. The van der Waals surface area contributed by atoms with E-state index in [0.717, 1.165) is 5.76 Å². The van der Waals surface area contributed by atoms with Gasteiger partial charge in [0.15, 0.2) is 0 Å². The molecule has 0 aliphatic heterocycles. The molecule has 16 heavy (non-hydrogen) atoms. The second kappa shape index (κ2) is 5.02. The van der Waals surface area contributed by atoms with Crippen LogP contribution in [0.15, 0.2) is 51.7 Å². The molecular weight excluding hydrogens is 206 g/mol. The third-order valence-electron chi connectivity index (χ3n) is 1.96. The standard InChI is InChI=1S/C12H11NO3/c14-12(6-5-10-3-1-7-15-10)13-9-11-4-2-8-16-11/h1-8H,9H2,(H,13,14)/b6-5+. The Morgan fingerprint density at radius 1 is 1.25 bits per heavy atom. The maximum atomic E-state index is 11.4. The lowest BCUT2D eigenvalue weighted by atomic mass is 10.3. The van der Waals surface area contributed by atoms with Crippen LogP contribution in [0, 0.1) is 0 Å². The van der Waals surface area contributed by atoms with Gasteiger partial charge in [-0.3, -0.25) is 4.79 Å². The van der Waals surface area contributed by atoms with E-state index in [2.05, 4.69) is 5.32 Å². The molecule has 1 amide bonds. The van der Waals surface area contributed by atoms with E-state index in [9.17, 15) is 4.79 Å². The molecule has 82 valence electrons. The van der Waals surface area contributed by atoms with E-state index in [1.54, 1.807) is 42.9 Å². The van der Waals surface area contributed by atoms with Crippen LogP contribution >= 0.6 is 0 Å². The van der Waals surface area contributed by atoms with E-state index in [0.29, 0.717) is 12.3 Å². The molecular formula is C12H11NO3. The fraction of sp³-hybridized carbons (Fsp3) is 0.0833. The molecule has 0 saturated heterocycles. The van der Waals surface area contributed by atoms with Crippen LogP contribution in [0.1, 0.15) is 11.5 Å². The van der Waals surface area contributed by atoms with Gasteiger partial charge in [0, 0.05) is 6.08 Å². The Morgan fingerprint density at radius 2 is 2.06 bits per heavy atom. The number of amides is 1. The average Bonchev–Trinajstić information content (AvgIpc) is 2.96. The molecule has 0 radical (unpaired) electrons. The SMILES string of the molecule is O=C(/C=C/c1ccco1)NCc1ccco1. The average molecular weight is 217 g/mol. The van der Waals surface area contributed by atoms with Crippen molar-refractivity contribution >= 4 is 12.0 Å². The molecule has 4 nitrogen and oxygen atoms in total. The first-order chi connectivity index (χ1) is 7.84. The zero-order valence-corrected chi connectivity index (χ0v) is 8.55. The summed E-state index contributed by atoms with van der Waals surface area (Å²) in [7, 11) is 0. The van der Waals surface area contributed by atoms with E-state index in [1.807, 2.05) is 0 Å². The minimum atomic E-state index is -0.187. The van der Waals surface area contributed by atoms with Gasteiger partial charge in [0.2, 0.25) is 5.91 Å². The van der Waals surface area contributed by atoms with Crippen LogP contribution in [-0.4, -0.2) is 5.91 Å². The summed E-state index contributed by atoms with van der Waals surface area (Å²) >= 11 is 0. The van der Waals surface area contributed by atoms with Crippen molar-refractivity contribution < 1.29 is 13.6 Å². The Hall–Kier alpha value is -2.23. The van der Waals surface area contributed by atoms with Crippen LogP contribution in [-0.2, 0) is 11.3 Å². The number of rotatable bonds is 4. The van der Waals surface area contributed by atoms with E-state index in [1.165, 1.54) is 6.08 Å². The molecule has 0 saturated carbocycles. The molecule has 0 aliphatic rings. The number of nitrogens with one attached hydrogen (secondary N) is 1. The summed E-state index contributed by atoms with van der Waals surface area (Å²) in [5.41, 5.74) is 0. The van der Waals surface area contributed by atoms with Crippen molar-refractivity contribution in [2.24, 2.45) is 0 Å². The van der Waals surface area contributed by atoms with E-state index >= 15 is 0 Å². The summed E-state index contributed by atoms with van der Waals surface area (Å²) in [6.45, 7) is 0.383. The minimum Gasteiger partial charge on any atom is -0.467 e. The highest BCUT2D eigenvalue weighted by atomic mass is 16.3. The predicted molar refractivity (Wildman–Crippen MR) is 58.3 cm³/mol. The van der Waals surface area contributed by atoms with Crippen molar-refractivity contribution in [1.82, 2.24) is 5.32 Å². The lowest BCUT2D eigenvalue weighted by Crippen LogP contribution is -2.19. The van der Waals surface area contributed by atoms with Crippen molar-refractivity contribution in [3.8, 4) is 0 Å². The largest absolute Gasteiger partial charge is 0.467 e. The highest BCUT2D eigenvalue weighted by Gasteiger charge is 1.98. The summed E-state index contributed by atoms with van der Waals surface area (Å²) in [6.07, 6.45) is 6.15. The Kier molecular flexibility index (Phi) is 3.23. The maximum Gasteiger partial charge on any atom is 0.244 e. The van der Waals surface area contributed by atoms with Crippen molar-refractivity contribution in [2.75, 3.05) is 0 Å². The lowest BCUT2D eigenvalue weighted by molar-refractivity contribution is -0.116. The van der Waals surface area contributed by atoms with Gasteiger partial charge in [0.1, 0.15) is 11.5 Å². The monoisotopic (exact) mass is 217 g/mol. The zero-order valence-electron chi connectivity index (χ0n) is 8.55. The summed E-state index contributed by atoms with van der Waals surface area (Å²) in [6, 6.07) is 7.12. The van der Waals surface area contributed by atoms with Gasteiger partial charge in [-0.2, -0.15) is 0 Å². The van der Waals surface area contributed by atoms with Gasteiger partial charge in [0.25, 0.3) is 0 Å². The highest BCUT2D eigenvalue weighted by Crippen LogP contribution is 2.02. The first-order valence-corrected chi connectivity index (χ1v) is 4.86. The topological polar surface area (TPSA) is 55.4 Å². The zero-order chi connectivity index (χ0) is 11.2. The molecule has 0 unspecified atom stereocenters. The number of hydrogen-bond donors (Lipinski definition) is 1. The van der Waals surface area contributed by atoms with Crippen molar-refractivity contribution in [3.63, 3.8) is 0 Å². The predicted octanol–water partition coefficient (Wildman–Crippen LogP) is 2.20. The van der Waals surface area contributed by atoms with Crippen LogP contribution < -0.4 is 5.32 Å².